The van der Waals surface area contributed by atoms with Gasteiger partial charge in [-0.2, -0.15) is 0 Å². The number of fused-ring (bicyclic) bond motifs is 1. The van der Waals surface area contributed by atoms with E-state index in [1.807, 2.05) is 0 Å². The van der Waals surface area contributed by atoms with Gasteiger partial charge in [0, 0.05) is 25.2 Å². The van der Waals surface area contributed by atoms with Gasteiger partial charge in [0.2, 0.25) is 11.8 Å². The second-order valence-corrected chi connectivity index (χ2v) is 7.87. The molecule has 2 heterocycles. The van der Waals surface area contributed by atoms with Crippen molar-refractivity contribution >= 4 is 41.7 Å². The van der Waals surface area contributed by atoms with Gasteiger partial charge in [0.05, 0.1) is 64.0 Å². The maximum Gasteiger partial charge on any atom is 0.262 e. The number of amides is 4. The van der Waals surface area contributed by atoms with E-state index in [-0.39, 0.29) is 36.4 Å². The van der Waals surface area contributed by atoms with Crippen LogP contribution in [-0.2, 0) is 28.5 Å². The zero-order valence-electron chi connectivity index (χ0n) is 20.0. The molecule has 0 spiro atoms. The minimum atomic E-state index is -0.978. The molecule has 0 bridgehead atoms. The van der Waals surface area contributed by atoms with E-state index in [9.17, 15) is 19.2 Å². The predicted molar refractivity (Wildman–Crippen MR) is 131 cm³/mol. The number of imide groups is 2. The van der Waals surface area contributed by atoms with E-state index in [4.69, 9.17) is 24.7 Å². The lowest BCUT2D eigenvalue weighted by molar-refractivity contribution is -0.136. The number of anilines is 1. The number of ether oxygens (including phenoxy) is 4. The van der Waals surface area contributed by atoms with Crippen LogP contribution in [0, 0.1) is 0 Å². The summed E-state index contributed by atoms with van der Waals surface area (Å²) >= 11 is 0. The maximum absolute atomic E-state index is 12.8. The van der Waals surface area contributed by atoms with Crippen molar-refractivity contribution < 1.29 is 38.1 Å². The first-order chi connectivity index (χ1) is 17.0. The van der Waals surface area contributed by atoms with Crippen molar-refractivity contribution in [1.82, 2.24) is 10.2 Å². The predicted octanol–water partition coefficient (Wildman–Crippen LogP) is -0.0534. The molecule has 1 fully saturated rings. The number of nitrogens with zero attached hydrogens (tertiary/aromatic N) is 1. The molecule has 36 heavy (non-hydrogen) atoms. The number of hydrogen-bond donors (Lipinski definition) is 3. The molecule has 1 aromatic rings. The van der Waals surface area contributed by atoms with Gasteiger partial charge in [-0.25, -0.2) is 0 Å². The molecular formula is C23H33ClN4O8. The standard InChI is InChI=1S/C23H32N4O8.ClH/c24-5-7-32-9-11-34-13-14-35-12-10-33-8-6-25-16-1-2-17-18(15-16)23(31)27(22(17)30)19-3-4-20(28)26-21(19)29;/h1-2,15,19,25H,3-14,24H2,(H,26,28,29);1H. The highest BCUT2D eigenvalue weighted by Gasteiger charge is 2.44. The third-order valence-corrected chi connectivity index (χ3v) is 5.39. The lowest BCUT2D eigenvalue weighted by atomic mass is 10.0. The number of carbonyl (C=O) groups excluding carboxylic acids is 4. The number of hydrogen-bond acceptors (Lipinski definition) is 10. The maximum atomic E-state index is 12.8. The van der Waals surface area contributed by atoms with Crippen molar-refractivity contribution in [2.75, 3.05) is 71.3 Å². The van der Waals surface area contributed by atoms with Gasteiger partial charge in [-0.05, 0) is 24.6 Å². The molecule has 0 aliphatic carbocycles. The Bertz CT molecular complexity index is 916. The number of carbonyl (C=O) groups is 4. The Kier molecular flexibility index (Phi) is 12.7. The molecule has 0 saturated carbocycles. The third kappa shape index (κ3) is 8.22. The van der Waals surface area contributed by atoms with Crippen molar-refractivity contribution in [3.8, 4) is 0 Å². The van der Waals surface area contributed by atoms with Gasteiger partial charge in [-0.1, -0.05) is 0 Å². The summed E-state index contributed by atoms with van der Waals surface area (Å²) < 4.78 is 21.5. The largest absolute Gasteiger partial charge is 0.383 e. The summed E-state index contributed by atoms with van der Waals surface area (Å²) in [6, 6.07) is 3.87. The molecule has 4 amide bonds. The fourth-order valence-corrected chi connectivity index (χ4v) is 3.69. The Labute approximate surface area is 215 Å². The molecule has 0 radical (unpaired) electrons. The van der Waals surface area contributed by atoms with Gasteiger partial charge in [0.25, 0.3) is 11.8 Å². The van der Waals surface area contributed by atoms with Gasteiger partial charge in [-0.15, -0.1) is 12.4 Å². The zero-order valence-corrected chi connectivity index (χ0v) is 20.8. The van der Waals surface area contributed by atoms with Crippen molar-refractivity contribution in [3.05, 3.63) is 29.3 Å². The Morgan fingerprint density at radius 3 is 2.06 bits per heavy atom. The van der Waals surface area contributed by atoms with Gasteiger partial charge >= 0.3 is 0 Å². The molecule has 0 aromatic heterocycles. The van der Waals surface area contributed by atoms with Crippen LogP contribution >= 0.6 is 12.4 Å². The van der Waals surface area contributed by atoms with Crippen molar-refractivity contribution in [2.45, 2.75) is 18.9 Å². The quantitative estimate of drug-likeness (QED) is 0.196. The first-order valence-electron chi connectivity index (χ1n) is 11.6. The fourth-order valence-electron chi connectivity index (χ4n) is 3.69. The molecule has 1 atom stereocenters. The summed E-state index contributed by atoms with van der Waals surface area (Å²) in [6.45, 7) is 4.77. The van der Waals surface area contributed by atoms with Crippen LogP contribution in [0.1, 0.15) is 33.6 Å². The molecule has 2 aliphatic heterocycles. The number of nitrogens with two attached hydrogens (primary N) is 1. The highest BCUT2D eigenvalue weighted by atomic mass is 35.5. The van der Waals surface area contributed by atoms with Crippen molar-refractivity contribution in [3.63, 3.8) is 0 Å². The number of piperidine rings is 1. The molecule has 3 rings (SSSR count). The van der Waals surface area contributed by atoms with Crippen LogP contribution in [0.2, 0.25) is 0 Å². The zero-order chi connectivity index (χ0) is 25.0. The lowest BCUT2D eigenvalue weighted by Gasteiger charge is -2.27. The summed E-state index contributed by atoms with van der Waals surface area (Å²) in [6.07, 6.45) is 0.208. The number of halogens is 1. The van der Waals surface area contributed by atoms with E-state index in [0.717, 1.165) is 4.90 Å². The highest BCUT2D eigenvalue weighted by molar-refractivity contribution is 6.23. The Hall–Kier alpha value is -2.61. The number of rotatable bonds is 16. The average Bonchev–Trinajstić information content (AvgIpc) is 3.09. The smallest absolute Gasteiger partial charge is 0.262 e. The lowest BCUT2D eigenvalue weighted by Crippen LogP contribution is -2.54. The van der Waals surface area contributed by atoms with Gasteiger partial charge in [-0.3, -0.25) is 29.4 Å². The Balaban J connectivity index is 0.00000456. The summed E-state index contributed by atoms with van der Waals surface area (Å²) in [5, 5.41) is 5.33. The fraction of sp³-hybridized carbons (Fsp3) is 0.565. The van der Waals surface area contributed by atoms with Gasteiger partial charge in [0.15, 0.2) is 0 Å². The second kappa shape index (κ2) is 15.5. The van der Waals surface area contributed by atoms with Crippen LogP contribution in [-0.4, -0.2) is 101 Å². The molecule has 1 saturated heterocycles. The number of nitrogens with one attached hydrogen (secondary N) is 2. The van der Waals surface area contributed by atoms with Gasteiger partial charge in [0.1, 0.15) is 6.04 Å². The first kappa shape index (κ1) is 29.6. The SMILES string of the molecule is Cl.NCCOCCOCCOCCOCCNc1ccc2c(c1)C(=O)N(C1CCC(=O)NC1=O)C2=O. The number of benzene rings is 1. The highest BCUT2D eigenvalue weighted by Crippen LogP contribution is 2.29. The minimum Gasteiger partial charge on any atom is -0.383 e. The first-order valence-corrected chi connectivity index (χ1v) is 11.6. The molecule has 1 aromatic carbocycles. The summed E-state index contributed by atoms with van der Waals surface area (Å²) in [5.41, 5.74) is 6.44. The molecule has 2 aliphatic rings. The van der Waals surface area contributed by atoms with E-state index < -0.39 is 29.7 Å². The molecule has 200 valence electrons. The minimum absolute atomic E-state index is 0. The van der Waals surface area contributed by atoms with Gasteiger partial charge < -0.3 is 30.0 Å². The second-order valence-electron chi connectivity index (χ2n) is 7.87. The van der Waals surface area contributed by atoms with Crippen molar-refractivity contribution in [2.24, 2.45) is 5.73 Å². The van der Waals surface area contributed by atoms with Crippen LogP contribution < -0.4 is 16.4 Å². The Morgan fingerprint density at radius 1 is 0.861 bits per heavy atom. The van der Waals surface area contributed by atoms with Crippen LogP contribution in [0.5, 0.6) is 0 Å². The summed E-state index contributed by atoms with van der Waals surface area (Å²) in [4.78, 5) is 50.0. The average molecular weight is 529 g/mol. The molecule has 13 heteroatoms. The van der Waals surface area contributed by atoms with E-state index in [2.05, 4.69) is 10.6 Å². The van der Waals surface area contributed by atoms with E-state index in [1.54, 1.807) is 18.2 Å². The summed E-state index contributed by atoms with van der Waals surface area (Å²) in [7, 11) is 0. The Morgan fingerprint density at radius 2 is 1.44 bits per heavy atom. The normalized spacial score (nSPS) is 17.1. The molecule has 12 nitrogen and oxygen atoms in total. The van der Waals surface area contributed by atoms with Crippen LogP contribution in [0.25, 0.3) is 0 Å². The van der Waals surface area contributed by atoms with Crippen LogP contribution in [0.15, 0.2) is 18.2 Å². The molecule has 1 unspecified atom stereocenters. The van der Waals surface area contributed by atoms with Crippen molar-refractivity contribution in [1.29, 1.82) is 0 Å². The van der Waals surface area contributed by atoms with Crippen LogP contribution in [0.3, 0.4) is 0 Å². The monoisotopic (exact) mass is 528 g/mol. The third-order valence-electron chi connectivity index (χ3n) is 5.39. The topological polar surface area (TPSA) is 159 Å². The van der Waals surface area contributed by atoms with E-state index in [0.29, 0.717) is 71.6 Å². The molecular weight excluding hydrogens is 496 g/mol. The van der Waals surface area contributed by atoms with Crippen LogP contribution in [0.4, 0.5) is 5.69 Å². The summed E-state index contributed by atoms with van der Waals surface area (Å²) in [5.74, 6) is -2.10. The molecule has 4 N–H and O–H groups in total. The van der Waals surface area contributed by atoms with E-state index >= 15 is 0 Å². The van der Waals surface area contributed by atoms with E-state index in [1.165, 1.54) is 0 Å².